The fraction of sp³-hybridized carbons (Fsp3) is 0.952. The topological polar surface area (TPSA) is 49.3 Å². The number of hydrogen-bond acceptors (Lipinski definition) is 4. The van der Waals surface area contributed by atoms with Gasteiger partial charge in [0.25, 0.3) is 0 Å². The smallest absolute Gasteiger partial charge is 0.193 e. The molecule has 0 aromatic carbocycles. The maximum atomic E-state index is 6.16. The number of aliphatic imine (C=N–C) groups is 1. The number of nitrogens with one attached hydrogen (secondary N) is 1. The maximum Gasteiger partial charge on any atom is 0.193 e. The molecule has 3 aliphatic rings. The van der Waals surface area contributed by atoms with Crippen LogP contribution in [0.3, 0.4) is 0 Å². The van der Waals surface area contributed by atoms with E-state index in [1.165, 1.54) is 38.9 Å². The third-order valence-corrected chi connectivity index (χ3v) is 6.18. The van der Waals surface area contributed by atoms with Crippen molar-refractivity contribution in [3.05, 3.63) is 0 Å². The molecule has 2 unspecified atom stereocenters. The monoisotopic (exact) mass is 508 g/mol. The zero-order chi connectivity index (χ0) is 18.9. The van der Waals surface area contributed by atoms with Crippen LogP contribution in [-0.4, -0.2) is 87.0 Å². The van der Waals surface area contributed by atoms with Crippen LogP contribution in [0.15, 0.2) is 4.99 Å². The number of nitrogens with zero attached hydrogens (tertiary/aromatic N) is 3. The van der Waals surface area contributed by atoms with E-state index >= 15 is 0 Å². The molecule has 0 aromatic heterocycles. The molecular formula is C21H41IN4O2. The predicted molar refractivity (Wildman–Crippen MR) is 126 cm³/mol. The summed E-state index contributed by atoms with van der Waals surface area (Å²) in [6.07, 6.45) is 7.81. The summed E-state index contributed by atoms with van der Waals surface area (Å²) in [7, 11) is 0. The fourth-order valence-corrected chi connectivity index (χ4v) is 4.41. The van der Waals surface area contributed by atoms with Gasteiger partial charge in [-0.05, 0) is 64.5 Å². The number of piperidine rings is 1. The van der Waals surface area contributed by atoms with E-state index in [0.717, 1.165) is 70.5 Å². The van der Waals surface area contributed by atoms with Gasteiger partial charge in [-0.2, -0.15) is 0 Å². The lowest BCUT2D eigenvalue weighted by Crippen LogP contribution is -2.47. The van der Waals surface area contributed by atoms with Gasteiger partial charge in [0.15, 0.2) is 5.96 Å². The van der Waals surface area contributed by atoms with Crippen molar-refractivity contribution in [1.82, 2.24) is 15.1 Å². The Balaban J connectivity index is 0.00000280. The molecular weight excluding hydrogens is 467 g/mol. The molecule has 3 saturated heterocycles. The Morgan fingerprint density at radius 2 is 1.93 bits per heavy atom. The zero-order valence-electron chi connectivity index (χ0n) is 17.9. The number of hydrogen-bond donors (Lipinski definition) is 1. The molecule has 7 heteroatoms. The Labute approximate surface area is 188 Å². The van der Waals surface area contributed by atoms with Gasteiger partial charge in [0.05, 0.1) is 18.8 Å². The summed E-state index contributed by atoms with van der Waals surface area (Å²) < 4.78 is 11.9. The van der Waals surface area contributed by atoms with Gasteiger partial charge in [0.2, 0.25) is 0 Å². The summed E-state index contributed by atoms with van der Waals surface area (Å²) in [6.45, 7) is 13.7. The Bertz CT molecular complexity index is 452. The lowest BCUT2D eigenvalue weighted by molar-refractivity contribution is -0.0721. The van der Waals surface area contributed by atoms with Crippen LogP contribution in [0, 0.1) is 5.92 Å². The minimum Gasteiger partial charge on any atom is -0.376 e. The number of halogens is 1. The lowest BCUT2D eigenvalue weighted by atomic mass is 10.1. The normalized spacial score (nSPS) is 27.6. The number of rotatable bonds is 7. The first kappa shape index (κ1) is 24.2. The molecule has 3 aliphatic heterocycles. The average molecular weight is 508 g/mol. The summed E-state index contributed by atoms with van der Waals surface area (Å²) in [5, 5.41) is 3.50. The summed E-state index contributed by atoms with van der Waals surface area (Å²) in [5.41, 5.74) is 0. The molecule has 0 bridgehead atoms. The van der Waals surface area contributed by atoms with Gasteiger partial charge >= 0.3 is 0 Å². The Kier molecular flexibility index (Phi) is 11.4. The molecule has 1 N–H and O–H groups in total. The zero-order valence-corrected chi connectivity index (χ0v) is 20.2. The maximum absolute atomic E-state index is 6.16. The third-order valence-electron chi connectivity index (χ3n) is 6.18. The van der Waals surface area contributed by atoms with Crippen LogP contribution >= 0.6 is 24.0 Å². The minimum atomic E-state index is 0. The van der Waals surface area contributed by atoms with E-state index in [-0.39, 0.29) is 24.0 Å². The van der Waals surface area contributed by atoms with E-state index in [1.807, 2.05) is 0 Å². The molecule has 28 heavy (non-hydrogen) atoms. The first-order valence-corrected chi connectivity index (χ1v) is 11.3. The van der Waals surface area contributed by atoms with Crippen LogP contribution in [0.1, 0.15) is 52.4 Å². The van der Waals surface area contributed by atoms with Crippen molar-refractivity contribution < 1.29 is 9.47 Å². The van der Waals surface area contributed by atoms with Crippen molar-refractivity contribution in [1.29, 1.82) is 0 Å². The molecule has 0 amide bonds. The van der Waals surface area contributed by atoms with Gasteiger partial charge in [-0.25, -0.2) is 0 Å². The number of likely N-dealkylation sites (tertiary alicyclic amines) is 2. The van der Waals surface area contributed by atoms with Crippen molar-refractivity contribution in [3.8, 4) is 0 Å². The van der Waals surface area contributed by atoms with Crippen LogP contribution < -0.4 is 5.32 Å². The first-order chi connectivity index (χ1) is 13.3. The highest BCUT2D eigenvalue weighted by molar-refractivity contribution is 14.0. The van der Waals surface area contributed by atoms with Gasteiger partial charge in [0.1, 0.15) is 0 Å². The summed E-state index contributed by atoms with van der Waals surface area (Å²) in [4.78, 5) is 9.93. The van der Waals surface area contributed by atoms with Gasteiger partial charge in [-0.3, -0.25) is 4.99 Å². The van der Waals surface area contributed by atoms with Crippen LogP contribution in [0.5, 0.6) is 0 Å². The average Bonchev–Trinajstić information content (AvgIpc) is 3.19. The van der Waals surface area contributed by atoms with E-state index in [1.54, 1.807) is 0 Å². The van der Waals surface area contributed by atoms with Crippen molar-refractivity contribution in [2.45, 2.75) is 64.6 Å². The van der Waals surface area contributed by atoms with Crippen LogP contribution in [-0.2, 0) is 9.47 Å². The van der Waals surface area contributed by atoms with Crippen LogP contribution in [0.2, 0.25) is 0 Å². The summed E-state index contributed by atoms with van der Waals surface area (Å²) in [6, 6.07) is 0. The van der Waals surface area contributed by atoms with E-state index < -0.39 is 0 Å². The lowest BCUT2D eigenvalue weighted by Gasteiger charge is -2.35. The van der Waals surface area contributed by atoms with Gasteiger partial charge in [0, 0.05) is 39.3 Å². The molecule has 2 atom stereocenters. The van der Waals surface area contributed by atoms with Crippen molar-refractivity contribution in [3.63, 3.8) is 0 Å². The van der Waals surface area contributed by atoms with Gasteiger partial charge in [-0.1, -0.05) is 6.92 Å². The van der Waals surface area contributed by atoms with Gasteiger partial charge < -0.3 is 24.6 Å². The molecule has 6 nitrogen and oxygen atoms in total. The first-order valence-electron chi connectivity index (χ1n) is 11.3. The Hall–Kier alpha value is -0.120. The molecule has 3 rings (SSSR count). The Morgan fingerprint density at radius 3 is 2.57 bits per heavy atom. The summed E-state index contributed by atoms with van der Waals surface area (Å²) >= 11 is 0. The van der Waals surface area contributed by atoms with E-state index in [0.29, 0.717) is 12.2 Å². The van der Waals surface area contributed by atoms with E-state index in [9.17, 15) is 0 Å². The fourth-order valence-electron chi connectivity index (χ4n) is 4.41. The highest BCUT2D eigenvalue weighted by atomic mass is 127. The van der Waals surface area contributed by atoms with Crippen LogP contribution in [0.25, 0.3) is 0 Å². The SMILES string of the molecule is CCNC(=NCC1CCN(CC)C1)N1CCC(OCC2CCCCO2)CC1.I. The highest BCUT2D eigenvalue weighted by Gasteiger charge is 2.25. The minimum absolute atomic E-state index is 0. The second-order valence-corrected chi connectivity index (χ2v) is 8.25. The molecule has 164 valence electrons. The molecule has 0 spiro atoms. The second kappa shape index (κ2) is 13.2. The Morgan fingerprint density at radius 1 is 1.11 bits per heavy atom. The van der Waals surface area contributed by atoms with Gasteiger partial charge in [-0.15, -0.1) is 24.0 Å². The van der Waals surface area contributed by atoms with Crippen molar-refractivity contribution in [2.75, 3.05) is 59.0 Å². The standard InChI is InChI=1S/C21H40N4O2.HI/c1-3-22-21(23-15-18-8-11-24(4-2)16-18)25-12-9-19(10-13-25)27-17-20-7-5-6-14-26-20;/h18-20H,3-17H2,1-2H3,(H,22,23);1H. The van der Waals surface area contributed by atoms with E-state index in [4.69, 9.17) is 14.5 Å². The summed E-state index contributed by atoms with van der Waals surface area (Å²) in [5.74, 6) is 1.82. The van der Waals surface area contributed by atoms with E-state index in [2.05, 4.69) is 29.0 Å². The van der Waals surface area contributed by atoms with Crippen LogP contribution in [0.4, 0.5) is 0 Å². The second-order valence-electron chi connectivity index (χ2n) is 8.25. The van der Waals surface area contributed by atoms with Crippen molar-refractivity contribution in [2.24, 2.45) is 10.9 Å². The molecule has 0 radical (unpaired) electrons. The highest BCUT2D eigenvalue weighted by Crippen LogP contribution is 2.19. The molecule has 3 fully saturated rings. The molecule has 3 heterocycles. The number of ether oxygens (including phenoxy) is 2. The van der Waals surface area contributed by atoms with Crippen molar-refractivity contribution >= 4 is 29.9 Å². The molecule has 0 saturated carbocycles. The number of guanidine groups is 1. The quantitative estimate of drug-likeness (QED) is 0.326. The molecule has 0 aliphatic carbocycles. The molecule has 0 aromatic rings. The predicted octanol–water partition coefficient (Wildman–Crippen LogP) is 2.96. The largest absolute Gasteiger partial charge is 0.376 e. The third kappa shape index (κ3) is 7.61.